The summed E-state index contributed by atoms with van der Waals surface area (Å²) in [6, 6.07) is -3.99. The molecule has 0 aliphatic heterocycles. The van der Waals surface area contributed by atoms with Crippen molar-refractivity contribution >= 4 is 47.3 Å². The molecule has 0 heterocycles. The first-order valence-electron chi connectivity index (χ1n) is 32.7. The Hall–Kier alpha value is -2.95. The summed E-state index contributed by atoms with van der Waals surface area (Å²) >= 11 is 1.23. The van der Waals surface area contributed by atoms with E-state index in [0.29, 0.717) is 67.6 Å². The van der Waals surface area contributed by atoms with Gasteiger partial charge in [0.05, 0.1) is 31.1 Å². The molecular weight excluding hydrogens is 1040 g/mol. The zero-order valence-electron chi connectivity index (χ0n) is 53.6. The molecule has 0 aliphatic carbocycles. The van der Waals surface area contributed by atoms with Gasteiger partial charge < -0.3 is 47.1 Å². The summed E-state index contributed by atoms with van der Waals surface area (Å²) < 4.78 is 11.7. The number of primary amides is 1. The molecule has 0 bridgehead atoms. The fourth-order valence-corrected chi connectivity index (χ4v) is 12.9. The Morgan fingerprint density at radius 1 is 0.469 bits per heavy atom. The standard InChI is InChI=1S/C65H125N5O10S/c1-13-15-17-19-21-23-25-27-29-31-33-37-50(11)64(77)79-43-52(80-65(78)51(12)38-34-32-30-28-26-24-22-20-18-16-14-2)44-81-45-54(66)61(74)69-56(42-72)63(76)70-55(41-71)62(75)68-40-36-35-39-53(60(67)73)59(57(46(3)4)47(5)6)58(48(7)8)49(9)10/h46-59,71-72H,13-45,66H2,1-12H3,(H2,67,73)(H,68,75)(H,69,74)(H,70,76)/t50?,51?,52?,53?,54?,55?,56-/m0/s1. The third kappa shape index (κ3) is 35.8. The van der Waals surface area contributed by atoms with Gasteiger partial charge in [-0.05, 0) is 67.1 Å². The molecule has 0 spiro atoms. The van der Waals surface area contributed by atoms with Gasteiger partial charge in [0.2, 0.25) is 23.6 Å². The molecule has 0 radical (unpaired) electrons. The number of carbonyl (C=O) groups excluding carboxylic acids is 6. The number of rotatable bonds is 53. The van der Waals surface area contributed by atoms with E-state index in [0.717, 1.165) is 38.5 Å². The molecule has 9 N–H and O–H groups in total. The molecule has 0 saturated heterocycles. The number of hydrogen-bond acceptors (Lipinski definition) is 12. The molecule has 16 heteroatoms. The van der Waals surface area contributed by atoms with Crippen LogP contribution in [-0.4, -0.2) is 108 Å². The minimum atomic E-state index is -1.47. The van der Waals surface area contributed by atoms with Crippen LogP contribution in [0.2, 0.25) is 0 Å². The second-order valence-electron chi connectivity index (χ2n) is 25.3. The fourth-order valence-electron chi connectivity index (χ4n) is 12.0. The molecule has 0 aliphatic rings. The Bertz CT molecular complexity index is 1620. The van der Waals surface area contributed by atoms with Crippen molar-refractivity contribution in [1.29, 1.82) is 0 Å². The second-order valence-corrected chi connectivity index (χ2v) is 26.3. The Kier molecular flexibility index (Phi) is 46.5. The predicted molar refractivity (Wildman–Crippen MR) is 334 cm³/mol. The normalized spacial score (nSPS) is 14.6. The van der Waals surface area contributed by atoms with E-state index < -0.39 is 55.2 Å². The van der Waals surface area contributed by atoms with Crippen molar-refractivity contribution in [1.82, 2.24) is 16.0 Å². The Morgan fingerprint density at radius 3 is 1.26 bits per heavy atom. The smallest absolute Gasteiger partial charge is 0.309 e. The summed E-state index contributed by atoms with van der Waals surface area (Å²) in [6.45, 7) is 24.5. The van der Waals surface area contributed by atoms with E-state index in [1.165, 1.54) is 114 Å². The maximum Gasteiger partial charge on any atom is 0.309 e. The first-order chi connectivity index (χ1) is 38.6. The van der Waals surface area contributed by atoms with Crippen LogP contribution in [0.4, 0.5) is 0 Å². The van der Waals surface area contributed by atoms with Gasteiger partial charge in [0.15, 0.2) is 0 Å². The van der Waals surface area contributed by atoms with E-state index in [-0.39, 0.29) is 66.2 Å². The third-order valence-electron chi connectivity index (χ3n) is 16.6. The van der Waals surface area contributed by atoms with E-state index in [9.17, 15) is 39.0 Å². The fraction of sp³-hybridized carbons (Fsp3) is 0.908. The molecule has 4 amide bonds. The third-order valence-corrected chi connectivity index (χ3v) is 17.8. The van der Waals surface area contributed by atoms with Crippen LogP contribution in [0.5, 0.6) is 0 Å². The van der Waals surface area contributed by atoms with Crippen molar-refractivity contribution < 1.29 is 48.5 Å². The van der Waals surface area contributed by atoms with Crippen molar-refractivity contribution in [3.8, 4) is 0 Å². The summed E-state index contributed by atoms with van der Waals surface area (Å²) in [5.74, 6) is -1.94. The number of amides is 4. The number of unbranched alkanes of at least 4 members (excludes halogenated alkanes) is 21. The van der Waals surface area contributed by atoms with E-state index in [4.69, 9.17) is 20.9 Å². The number of aliphatic hydroxyl groups excluding tert-OH is 2. The van der Waals surface area contributed by atoms with Gasteiger partial charge in [-0.1, -0.05) is 231 Å². The minimum Gasteiger partial charge on any atom is -0.461 e. The topological polar surface area (TPSA) is 249 Å². The minimum absolute atomic E-state index is 0.0474. The van der Waals surface area contributed by atoms with Crippen LogP contribution in [-0.2, 0) is 38.2 Å². The molecule has 476 valence electrons. The quantitative estimate of drug-likeness (QED) is 0.0222. The first kappa shape index (κ1) is 78.0. The lowest BCUT2D eigenvalue weighted by atomic mass is 9.59. The van der Waals surface area contributed by atoms with Gasteiger partial charge in [0.25, 0.3) is 0 Å². The van der Waals surface area contributed by atoms with Gasteiger partial charge in [-0.3, -0.25) is 28.8 Å². The molecule has 81 heavy (non-hydrogen) atoms. The maximum absolute atomic E-state index is 13.4. The number of esters is 2. The van der Waals surface area contributed by atoms with Crippen molar-refractivity contribution in [3.05, 3.63) is 0 Å². The Balaban J connectivity index is 5.46. The Labute approximate surface area is 498 Å². The largest absolute Gasteiger partial charge is 0.461 e. The number of hydrogen-bond donors (Lipinski definition) is 7. The number of nitrogens with two attached hydrogens (primary N) is 2. The average Bonchev–Trinajstić information content (AvgIpc) is 3.43. The van der Waals surface area contributed by atoms with Crippen molar-refractivity contribution in [2.24, 2.45) is 70.6 Å². The van der Waals surface area contributed by atoms with Gasteiger partial charge in [0.1, 0.15) is 24.8 Å². The molecule has 6 unspecified atom stereocenters. The van der Waals surface area contributed by atoms with E-state index in [1.807, 2.05) is 13.8 Å². The van der Waals surface area contributed by atoms with Crippen LogP contribution in [0.1, 0.15) is 256 Å². The van der Waals surface area contributed by atoms with Gasteiger partial charge in [0, 0.05) is 24.0 Å². The number of aliphatic hydroxyl groups is 2. The molecule has 7 atom stereocenters. The second kappa shape index (κ2) is 48.3. The summed E-state index contributed by atoms with van der Waals surface area (Å²) in [7, 11) is 0. The molecule has 0 rings (SSSR count). The van der Waals surface area contributed by atoms with Crippen molar-refractivity contribution in [2.75, 3.05) is 37.9 Å². The van der Waals surface area contributed by atoms with Gasteiger partial charge in [-0.25, -0.2) is 0 Å². The molecule has 15 nitrogen and oxygen atoms in total. The molecule has 0 fully saturated rings. The molecule has 0 saturated carbocycles. The number of thioether (sulfide) groups is 1. The maximum atomic E-state index is 13.4. The highest BCUT2D eigenvalue weighted by Crippen LogP contribution is 2.45. The molecule has 0 aromatic rings. The van der Waals surface area contributed by atoms with E-state index in [1.54, 1.807) is 0 Å². The van der Waals surface area contributed by atoms with Crippen LogP contribution in [0.3, 0.4) is 0 Å². The van der Waals surface area contributed by atoms with Crippen molar-refractivity contribution in [2.45, 2.75) is 281 Å². The van der Waals surface area contributed by atoms with Crippen LogP contribution in [0.15, 0.2) is 0 Å². The number of carbonyl (C=O) groups is 6. The van der Waals surface area contributed by atoms with E-state index >= 15 is 0 Å². The van der Waals surface area contributed by atoms with E-state index in [2.05, 4.69) is 85.2 Å². The molecule has 0 aromatic carbocycles. The monoisotopic (exact) mass is 1170 g/mol. The summed E-state index contributed by atoms with van der Waals surface area (Å²) in [4.78, 5) is 79.5. The van der Waals surface area contributed by atoms with Gasteiger partial charge >= 0.3 is 11.9 Å². The zero-order chi connectivity index (χ0) is 61.1. The predicted octanol–water partition coefficient (Wildman–Crippen LogP) is 12.0. The highest BCUT2D eigenvalue weighted by Gasteiger charge is 2.43. The van der Waals surface area contributed by atoms with Gasteiger partial charge in [-0.2, -0.15) is 11.8 Å². The lowest BCUT2D eigenvalue weighted by Crippen LogP contribution is -2.58. The highest BCUT2D eigenvalue weighted by molar-refractivity contribution is 7.99. The number of nitrogens with one attached hydrogen (secondary N) is 3. The van der Waals surface area contributed by atoms with Crippen LogP contribution < -0.4 is 27.4 Å². The highest BCUT2D eigenvalue weighted by atomic mass is 32.2. The Morgan fingerprint density at radius 2 is 0.852 bits per heavy atom. The number of ether oxygens (including phenoxy) is 2. The molecular formula is C65H125N5O10S. The van der Waals surface area contributed by atoms with Crippen LogP contribution in [0.25, 0.3) is 0 Å². The van der Waals surface area contributed by atoms with Gasteiger partial charge in [-0.15, -0.1) is 0 Å². The summed E-state index contributed by atoms with van der Waals surface area (Å²) in [5.41, 5.74) is 12.4. The van der Waals surface area contributed by atoms with Crippen molar-refractivity contribution in [3.63, 3.8) is 0 Å². The average molecular weight is 1170 g/mol. The summed E-state index contributed by atoms with van der Waals surface area (Å²) in [6.07, 6.45) is 29.2. The SMILES string of the molecule is CCCCCCCCCCCCCC(C)C(=O)OCC(CSCC(N)C(=O)N[C@@H](CO)C(=O)NC(CO)C(=O)NCCCCC(C(N)=O)C(C(C(C)C)C(C)C)C(C(C)C)C(C)C)OC(=O)C(C)CCCCCCCCCCCCC. The first-order valence-corrected chi connectivity index (χ1v) is 33.8. The lowest BCUT2D eigenvalue weighted by molar-refractivity contribution is -0.162. The molecule has 0 aromatic heterocycles. The summed E-state index contributed by atoms with van der Waals surface area (Å²) in [5, 5.41) is 27.9. The zero-order valence-corrected chi connectivity index (χ0v) is 54.5. The van der Waals surface area contributed by atoms with Crippen LogP contribution >= 0.6 is 11.8 Å². The van der Waals surface area contributed by atoms with Crippen LogP contribution in [0, 0.1) is 59.2 Å². The lowest BCUT2D eigenvalue weighted by Gasteiger charge is -2.45.